The number of carbonyl (C=O) groups excluding carboxylic acids is 1. The van der Waals surface area contributed by atoms with Gasteiger partial charge in [-0.2, -0.15) is 0 Å². The van der Waals surface area contributed by atoms with Gasteiger partial charge in [0.05, 0.1) is 24.8 Å². The maximum Gasteiger partial charge on any atom is 0.230 e. The van der Waals surface area contributed by atoms with Crippen molar-refractivity contribution in [1.29, 1.82) is 0 Å². The van der Waals surface area contributed by atoms with E-state index >= 15 is 0 Å². The number of nitrogens with zero attached hydrogens (tertiary/aromatic N) is 2. The highest BCUT2D eigenvalue weighted by Gasteiger charge is 2.38. The zero-order valence-electron chi connectivity index (χ0n) is 16.0. The number of amides is 1. The molecule has 0 saturated heterocycles. The van der Waals surface area contributed by atoms with Gasteiger partial charge in [-0.15, -0.1) is 5.69 Å². The van der Waals surface area contributed by atoms with Gasteiger partial charge in [-0.3, -0.25) is 4.79 Å². The van der Waals surface area contributed by atoms with Crippen molar-refractivity contribution in [1.82, 2.24) is 0 Å². The molecule has 1 saturated carbocycles. The van der Waals surface area contributed by atoms with Gasteiger partial charge in [0.15, 0.2) is 0 Å². The van der Waals surface area contributed by atoms with Crippen LogP contribution in [-0.4, -0.2) is 35.1 Å². The van der Waals surface area contributed by atoms with Crippen LogP contribution in [0.1, 0.15) is 18.4 Å². The summed E-state index contributed by atoms with van der Waals surface area (Å²) in [6, 6.07) is 8.05. The average molecular weight is 480 g/mol. The number of carbonyl (C=O) groups is 1. The fourth-order valence-electron chi connectivity index (χ4n) is 3.47. The summed E-state index contributed by atoms with van der Waals surface area (Å²) in [5, 5.41) is 0. The highest BCUT2D eigenvalue weighted by Crippen LogP contribution is 2.44. The summed E-state index contributed by atoms with van der Waals surface area (Å²) in [6.07, 6.45) is 2.33. The Kier molecular flexibility index (Phi) is 5.20. The van der Waals surface area contributed by atoms with Gasteiger partial charge in [0.2, 0.25) is 5.91 Å². The molecule has 2 aliphatic rings. The number of halogens is 1. The molecule has 0 spiro atoms. The third-order valence-electron chi connectivity index (χ3n) is 5.03. The second kappa shape index (κ2) is 7.53. The monoisotopic (exact) mass is 479 g/mol. The van der Waals surface area contributed by atoms with Crippen LogP contribution in [0, 0.1) is 5.92 Å². The average Bonchev–Trinajstić information content (AvgIpc) is 3.45. The second-order valence-electron chi connectivity index (χ2n) is 7.06. The lowest BCUT2D eigenvalue weighted by molar-refractivity contribution is -0.119. The normalized spacial score (nSPS) is 15.8. The van der Waals surface area contributed by atoms with E-state index < -0.39 is 10.0 Å². The van der Waals surface area contributed by atoms with Crippen LogP contribution in [0.5, 0.6) is 11.5 Å². The molecule has 29 heavy (non-hydrogen) atoms. The third kappa shape index (κ3) is 3.93. The number of methoxy groups -OCH3 is 2. The predicted octanol–water partition coefficient (Wildman–Crippen LogP) is 4.16. The molecule has 1 aliphatic carbocycles. The number of anilines is 1. The molecule has 0 aromatic heterocycles. The van der Waals surface area contributed by atoms with Crippen LogP contribution in [0.25, 0.3) is 4.72 Å². The highest BCUT2D eigenvalue weighted by atomic mass is 79.9. The lowest BCUT2D eigenvalue weighted by Crippen LogP contribution is -2.31. The van der Waals surface area contributed by atoms with Gasteiger partial charge < -0.3 is 19.1 Å². The van der Waals surface area contributed by atoms with Crippen molar-refractivity contribution in [3.63, 3.8) is 0 Å². The lowest BCUT2D eigenvalue weighted by atomic mass is 10.2. The van der Waals surface area contributed by atoms with Crippen molar-refractivity contribution in [3.8, 4) is 11.5 Å². The van der Waals surface area contributed by atoms with Crippen molar-refractivity contribution in [3.05, 3.63) is 45.1 Å². The summed E-state index contributed by atoms with van der Waals surface area (Å²) in [5.74, 6) is 0.858. The van der Waals surface area contributed by atoms with E-state index in [0.717, 1.165) is 18.4 Å². The highest BCUT2D eigenvalue weighted by molar-refractivity contribution is 9.10. The number of hydrogen-bond acceptors (Lipinski definition) is 5. The van der Waals surface area contributed by atoms with Crippen LogP contribution in [0.2, 0.25) is 0 Å². The first kappa shape index (κ1) is 20.0. The summed E-state index contributed by atoms with van der Waals surface area (Å²) < 4.78 is 41.6. The smallest absolute Gasteiger partial charge is 0.230 e. The van der Waals surface area contributed by atoms with Gasteiger partial charge in [0.25, 0.3) is 0 Å². The van der Waals surface area contributed by atoms with Crippen LogP contribution in [0.3, 0.4) is 0 Å². The SMILES string of the molecule is COc1cc([N-]S(=O)(=O)c2cc(Br)cc3c2N(C(=O)C2CC2)CC3)cc(OC)c1. The third-order valence-corrected chi connectivity index (χ3v) is 6.80. The van der Waals surface area contributed by atoms with E-state index in [4.69, 9.17) is 9.47 Å². The van der Waals surface area contributed by atoms with E-state index in [9.17, 15) is 13.2 Å². The molecule has 1 aliphatic heterocycles. The van der Waals surface area contributed by atoms with E-state index in [0.29, 0.717) is 34.6 Å². The van der Waals surface area contributed by atoms with Crippen LogP contribution in [-0.2, 0) is 21.2 Å². The fraction of sp³-hybridized carbons (Fsp3) is 0.350. The first-order chi connectivity index (χ1) is 13.8. The lowest BCUT2D eigenvalue weighted by Gasteiger charge is -2.27. The Morgan fingerprint density at radius 3 is 2.34 bits per heavy atom. The molecule has 0 bridgehead atoms. The molecular weight excluding hydrogens is 460 g/mol. The van der Waals surface area contributed by atoms with Crippen LogP contribution >= 0.6 is 15.9 Å². The van der Waals surface area contributed by atoms with Gasteiger partial charge in [0.1, 0.15) is 21.5 Å². The number of benzene rings is 2. The van der Waals surface area contributed by atoms with Crippen LogP contribution in [0.4, 0.5) is 11.4 Å². The molecule has 1 amide bonds. The number of fused-ring (bicyclic) bond motifs is 1. The quantitative estimate of drug-likeness (QED) is 0.620. The molecule has 0 radical (unpaired) electrons. The Labute approximate surface area is 178 Å². The van der Waals surface area contributed by atoms with Gasteiger partial charge in [-0.05, 0) is 49.1 Å². The molecule has 2 aromatic carbocycles. The summed E-state index contributed by atoms with van der Waals surface area (Å²) >= 11 is 3.39. The Morgan fingerprint density at radius 1 is 1.10 bits per heavy atom. The first-order valence-corrected chi connectivity index (χ1v) is 11.4. The number of sulfonamides is 1. The minimum atomic E-state index is -4.09. The molecule has 0 atom stereocenters. The summed E-state index contributed by atoms with van der Waals surface area (Å²) in [4.78, 5) is 14.3. The van der Waals surface area contributed by atoms with Gasteiger partial charge in [-0.25, -0.2) is 8.42 Å². The Bertz CT molecular complexity index is 1060. The van der Waals surface area contributed by atoms with Crippen molar-refractivity contribution in [2.24, 2.45) is 5.92 Å². The molecule has 154 valence electrons. The topological polar surface area (TPSA) is 87.0 Å². The minimum Gasteiger partial charge on any atom is -0.572 e. The first-order valence-electron chi connectivity index (χ1n) is 9.17. The molecule has 0 N–H and O–H groups in total. The van der Waals surface area contributed by atoms with Crippen molar-refractivity contribution < 1.29 is 22.7 Å². The Hall–Kier alpha value is -2.26. The van der Waals surface area contributed by atoms with Crippen molar-refractivity contribution >= 4 is 43.2 Å². The maximum absolute atomic E-state index is 13.3. The van der Waals surface area contributed by atoms with Gasteiger partial charge >= 0.3 is 0 Å². The zero-order chi connectivity index (χ0) is 20.8. The molecule has 1 fully saturated rings. The van der Waals surface area contributed by atoms with Gasteiger partial charge in [0, 0.05) is 23.0 Å². The molecule has 7 nitrogen and oxygen atoms in total. The zero-order valence-corrected chi connectivity index (χ0v) is 18.4. The van der Waals surface area contributed by atoms with Gasteiger partial charge in [-0.1, -0.05) is 15.9 Å². The molecule has 2 aromatic rings. The molecule has 0 unspecified atom stereocenters. The standard InChI is InChI=1S/C20H20BrN2O5S/c1-27-16-9-15(10-17(11-16)28-2)22-29(25,26)18-8-14(21)7-13-5-6-23(19(13)18)20(24)12-3-4-12/h7-12H,3-6H2,1-2H3/q-1. The number of hydrogen-bond donors (Lipinski definition) is 0. The van der Waals surface area contributed by atoms with E-state index in [2.05, 4.69) is 20.7 Å². The summed E-state index contributed by atoms with van der Waals surface area (Å²) in [7, 11) is -1.13. The van der Waals surface area contributed by atoms with E-state index in [1.807, 2.05) is 6.07 Å². The predicted molar refractivity (Wildman–Crippen MR) is 113 cm³/mol. The number of ether oxygens (including phenoxy) is 2. The van der Waals surface area contributed by atoms with Crippen LogP contribution < -0.4 is 14.4 Å². The summed E-state index contributed by atoms with van der Waals surface area (Å²) in [5.41, 5.74) is 1.46. The fourth-order valence-corrected chi connectivity index (χ4v) is 5.37. The summed E-state index contributed by atoms with van der Waals surface area (Å²) in [6.45, 7) is 0.483. The van der Waals surface area contributed by atoms with E-state index in [-0.39, 0.29) is 22.4 Å². The second-order valence-corrected chi connectivity index (χ2v) is 9.55. The van der Waals surface area contributed by atoms with Crippen molar-refractivity contribution in [2.45, 2.75) is 24.2 Å². The largest absolute Gasteiger partial charge is 0.572 e. The Morgan fingerprint density at radius 2 is 1.76 bits per heavy atom. The maximum atomic E-state index is 13.3. The van der Waals surface area contributed by atoms with Crippen LogP contribution in [0.15, 0.2) is 39.7 Å². The Balaban J connectivity index is 1.75. The molecule has 9 heteroatoms. The van der Waals surface area contributed by atoms with E-state index in [1.54, 1.807) is 11.0 Å². The molecular formula is C20H20BrN2O5S-. The molecule has 1 heterocycles. The van der Waals surface area contributed by atoms with E-state index in [1.165, 1.54) is 32.4 Å². The number of rotatable bonds is 6. The molecule has 4 rings (SSSR count). The minimum absolute atomic E-state index is 0.000245. The van der Waals surface area contributed by atoms with Crippen molar-refractivity contribution in [2.75, 3.05) is 25.7 Å².